The van der Waals surface area contributed by atoms with Gasteiger partial charge in [-0.2, -0.15) is 0 Å². The number of ether oxygens (including phenoxy) is 1. The van der Waals surface area contributed by atoms with Crippen LogP contribution in [-0.4, -0.2) is 53.9 Å². The molecule has 3 heterocycles. The largest absolute Gasteiger partial charge is 0.361 e. The van der Waals surface area contributed by atoms with Crippen LogP contribution in [0.3, 0.4) is 0 Å². The van der Waals surface area contributed by atoms with Crippen molar-refractivity contribution in [3.8, 4) is 0 Å². The number of pyridine rings is 1. The molecule has 31 heavy (non-hydrogen) atoms. The van der Waals surface area contributed by atoms with E-state index in [4.69, 9.17) is 10.5 Å². The first-order valence-corrected chi connectivity index (χ1v) is 10.7. The van der Waals surface area contributed by atoms with E-state index >= 15 is 0 Å². The number of nitrogens with two attached hydrogens (primary N) is 1. The normalized spacial score (nSPS) is 22.4. The van der Waals surface area contributed by atoms with Gasteiger partial charge in [-0.1, -0.05) is 0 Å². The molecule has 0 amide bonds. The van der Waals surface area contributed by atoms with Gasteiger partial charge in [0.25, 0.3) is 0 Å². The molecule has 9 nitrogen and oxygen atoms in total. The fourth-order valence-electron chi connectivity index (χ4n) is 3.76. The van der Waals surface area contributed by atoms with Gasteiger partial charge in [-0.05, 0) is 43.2 Å². The first-order chi connectivity index (χ1) is 14.9. The molecular weight excluding hydrogens is 423 g/mol. The quantitative estimate of drug-likeness (QED) is 0.277. The second-order valence-electron chi connectivity index (χ2n) is 7.62. The highest BCUT2D eigenvalue weighted by Crippen LogP contribution is 2.31. The van der Waals surface area contributed by atoms with Gasteiger partial charge in [0.1, 0.15) is 11.3 Å². The first kappa shape index (κ1) is 21.6. The molecular formula is C20H25FN6O3S. The fourth-order valence-corrected chi connectivity index (χ4v) is 4.02. The van der Waals surface area contributed by atoms with Crippen molar-refractivity contribution in [1.82, 2.24) is 4.98 Å². The van der Waals surface area contributed by atoms with Crippen molar-refractivity contribution in [2.75, 3.05) is 41.4 Å². The molecule has 0 saturated carbocycles. The van der Waals surface area contributed by atoms with Crippen LogP contribution in [-0.2, 0) is 4.74 Å². The third-order valence-electron chi connectivity index (χ3n) is 5.54. The van der Waals surface area contributed by atoms with E-state index in [-0.39, 0.29) is 17.5 Å². The molecule has 2 unspecified atom stereocenters. The Morgan fingerprint density at radius 3 is 2.58 bits per heavy atom. The van der Waals surface area contributed by atoms with Gasteiger partial charge in [-0.3, -0.25) is 10.1 Å². The number of nitrogens with one attached hydrogen (secondary N) is 1. The van der Waals surface area contributed by atoms with E-state index in [0.717, 1.165) is 25.9 Å². The van der Waals surface area contributed by atoms with Crippen LogP contribution in [0, 0.1) is 10.1 Å². The van der Waals surface area contributed by atoms with Crippen LogP contribution in [0.15, 0.2) is 36.4 Å². The van der Waals surface area contributed by atoms with Crippen molar-refractivity contribution in [3.63, 3.8) is 0 Å². The Labute approximate surface area is 184 Å². The number of halogens is 1. The van der Waals surface area contributed by atoms with Crippen LogP contribution in [0.2, 0.25) is 0 Å². The Kier molecular flexibility index (Phi) is 6.44. The topological polar surface area (TPSA) is 110 Å². The van der Waals surface area contributed by atoms with Crippen molar-refractivity contribution in [2.24, 2.45) is 5.73 Å². The zero-order chi connectivity index (χ0) is 22.0. The number of benzene rings is 1. The van der Waals surface area contributed by atoms with E-state index in [1.165, 1.54) is 6.07 Å². The van der Waals surface area contributed by atoms with E-state index < -0.39 is 16.7 Å². The number of hydrogen-bond acceptors (Lipinski definition) is 9. The van der Waals surface area contributed by atoms with E-state index in [1.54, 1.807) is 35.2 Å². The Morgan fingerprint density at radius 1 is 1.19 bits per heavy atom. The molecule has 2 saturated heterocycles. The number of nitrogens with zero attached hydrogens (tertiary/aromatic N) is 4. The minimum absolute atomic E-state index is 0.114. The Hall–Kier alpha value is -2.63. The predicted octanol–water partition coefficient (Wildman–Crippen LogP) is 3.05. The summed E-state index contributed by atoms with van der Waals surface area (Å²) in [5.41, 5.74) is 6.35. The van der Waals surface area contributed by atoms with Crippen LogP contribution in [0.1, 0.15) is 12.8 Å². The fraction of sp³-hybridized carbons (Fsp3) is 0.450. The lowest BCUT2D eigenvalue weighted by molar-refractivity contribution is -0.384. The second-order valence-corrected chi connectivity index (χ2v) is 8.13. The number of anilines is 4. The van der Waals surface area contributed by atoms with E-state index in [2.05, 4.69) is 27.8 Å². The molecule has 2 aliphatic rings. The maximum atomic E-state index is 14.4. The van der Waals surface area contributed by atoms with E-state index in [9.17, 15) is 14.5 Å². The number of aromatic nitrogens is 1. The van der Waals surface area contributed by atoms with Crippen molar-refractivity contribution < 1.29 is 14.1 Å². The Bertz CT molecular complexity index is 926. The summed E-state index contributed by atoms with van der Waals surface area (Å²) in [5.74, 6) is 0.834. The van der Waals surface area contributed by atoms with Gasteiger partial charge < -0.3 is 25.6 Å². The van der Waals surface area contributed by atoms with Gasteiger partial charge in [0.15, 0.2) is 0 Å². The molecule has 166 valence electrons. The van der Waals surface area contributed by atoms with Crippen molar-refractivity contribution >= 4 is 41.3 Å². The number of morpholine rings is 1. The van der Waals surface area contributed by atoms with Gasteiger partial charge in [0.05, 0.1) is 11.5 Å². The summed E-state index contributed by atoms with van der Waals surface area (Å²) in [6.07, 6.45) is 0.355. The molecule has 1 aromatic heterocycles. The SMILES string of the molecule is NC1CCN(c2ccc([N+](=O)[O-])c(Nc3ccc(N4CCOC(S)C4F)cc3)n2)CC1. The Morgan fingerprint density at radius 2 is 1.90 bits per heavy atom. The molecule has 11 heteroatoms. The molecule has 0 bridgehead atoms. The average molecular weight is 449 g/mol. The van der Waals surface area contributed by atoms with Crippen LogP contribution >= 0.6 is 12.6 Å². The summed E-state index contributed by atoms with van der Waals surface area (Å²) in [6.45, 7) is 2.32. The lowest BCUT2D eigenvalue weighted by Crippen LogP contribution is -2.46. The average Bonchev–Trinajstić information content (AvgIpc) is 2.77. The van der Waals surface area contributed by atoms with Crippen LogP contribution < -0.4 is 20.9 Å². The number of hydrogen-bond donors (Lipinski definition) is 3. The van der Waals surface area contributed by atoms with Gasteiger partial charge in [-0.15, -0.1) is 12.6 Å². The molecule has 0 spiro atoms. The minimum Gasteiger partial charge on any atom is -0.361 e. The zero-order valence-electron chi connectivity index (χ0n) is 16.9. The summed E-state index contributed by atoms with van der Waals surface area (Å²) in [6, 6.07) is 10.3. The van der Waals surface area contributed by atoms with Crippen LogP contribution in [0.4, 0.5) is 33.1 Å². The maximum Gasteiger partial charge on any atom is 0.311 e. The molecule has 3 N–H and O–H groups in total. The minimum atomic E-state index is -1.35. The second kappa shape index (κ2) is 9.25. The number of thiol groups is 1. The number of piperidine rings is 1. The molecule has 2 atom stereocenters. The van der Waals surface area contributed by atoms with Crippen LogP contribution in [0.25, 0.3) is 0 Å². The third kappa shape index (κ3) is 4.83. The lowest BCUT2D eigenvalue weighted by atomic mass is 10.1. The number of nitro groups is 1. The number of rotatable bonds is 5. The summed E-state index contributed by atoms with van der Waals surface area (Å²) in [5, 5.41) is 14.5. The summed E-state index contributed by atoms with van der Waals surface area (Å²) in [7, 11) is 0. The monoisotopic (exact) mass is 448 g/mol. The van der Waals surface area contributed by atoms with Crippen molar-refractivity contribution in [1.29, 1.82) is 0 Å². The third-order valence-corrected chi connectivity index (χ3v) is 5.93. The smallest absolute Gasteiger partial charge is 0.311 e. The van der Waals surface area contributed by atoms with Gasteiger partial charge in [-0.25, -0.2) is 9.37 Å². The highest BCUT2D eigenvalue weighted by atomic mass is 32.1. The van der Waals surface area contributed by atoms with E-state index in [0.29, 0.717) is 30.3 Å². The zero-order valence-corrected chi connectivity index (χ0v) is 17.7. The standard InChI is InChI=1S/C20H25FN6O3S/c21-18-20(31)30-12-11-26(18)15-3-1-14(2-4-15)23-19-16(27(28)29)5-6-17(24-19)25-9-7-13(22)8-10-25/h1-6,13,18,20,31H,7-12,22H2,(H,23,24). The molecule has 0 radical (unpaired) electrons. The summed E-state index contributed by atoms with van der Waals surface area (Å²) in [4.78, 5) is 19.2. The predicted molar refractivity (Wildman–Crippen MR) is 121 cm³/mol. The van der Waals surface area contributed by atoms with Crippen LogP contribution in [0.5, 0.6) is 0 Å². The molecule has 1 aromatic carbocycles. The highest BCUT2D eigenvalue weighted by Gasteiger charge is 2.30. The highest BCUT2D eigenvalue weighted by molar-refractivity contribution is 7.80. The molecule has 2 fully saturated rings. The van der Waals surface area contributed by atoms with Crippen molar-refractivity contribution in [2.45, 2.75) is 30.6 Å². The molecule has 2 aliphatic heterocycles. The van der Waals surface area contributed by atoms with E-state index in [1.807, 2.05) is 0 Å². The molecule has 0 aliphatic carbocycles. The maximum absolute atomic E-state index is 14.4. The van der Waals surface area contributed by atoms with Gasteiger partial charge >= 0.3 is 5.69 Å². The number of alkyl halides is 1. The van der Waals surface area contributed by atoms with Crippen molar-refractivity contribution in [3.05, 3.63) is 46.5 Å². The van der Waals surface area contributed by atoms with Gasteiger partial charge in [0, 0.05) is 43.1 Å². The first-order valence-electron chi connectivity index (χ1n) is 10.2. The molecule has 4 rings (SSSR count). The lowest BCUT2D eigenvalue weighted by Gasteiger charge is -2.35. The molecule has 2 aromatic rings. The van der Waals surface area contributed by atoms with Gasteiger partial charge in [0.2, 0.25) is 12.1 Å². The Balaban J connectivity index is 1.53. The summed E-state index contributed by atoms with van der Waals surface area (Å²) >= 11 is 4.11. The summed E-state index contributed by atoms with van der Waals surface area (Å²) < 4.78 is 19.6.